The second kappa shape index (κ2) is 8.11. The van der Waals surface area contributed by atoms with Gasteiger partial charge in [-0.05, 0) is 18.4 Å². The Kier molecular flexibility index (Phi) is 6.16. The van der Waals surface area contributed by atoms with E-state index in [2.05, 4.69) is 0 Å². The number of likely N-dealkylation sites (N-methyl/N-ethyl adjacent to an activating group) is 2. The molecule has 5 nitrogen and oxygen atoms in total. The molecule has 1 aromatic carbocycles. The summed E-state index contributed by atoms with van der Waals surface area (Å²) >= 11 is 0. The van der Waals surface area contributed by atoms with Crippen LogP contribution >= 0.6 is 0 Å². The van der Waals surface area contributed by atoms with Crippen molar-refractivity contribution in [1.82, 2.24) is 9.80 Å². The van der Waals surface area contributed by atoms with E-state index in [1.54, 1.807) is 21.1 Å². The van der Waals surface area contributed by atoms with E-state index >= 15 is 0 Å². The molecule has 0 bridgehead atoms. The highest BCUT2D eigenvalue weighted by molar-refractivity contribution is 5.87. The van der Waals surface area contributed by atoms with Crippen LogP contribution in [-0.2, 0) is 14.3 Å². The number of benzene rings is 1. The summed E-state index contributed by atoms with van der Waals surface area (Å²) in [7, 11) is 5.02. The first-order valence-corrected chi connectivity index (χ1v) is 8.14. The summed E-state index contributed by atoms with van der Waals surface area (Å²) in [5.74, 6) is -0.271. The fourth-order valence-electron chi connectivity index (χ4n) is 2.75. The molecule has 2 amide bonds. The number of nitrogens with zero attached hydrogens (tertiary/aromatic N) is 2. The van der Waals surface area contributed by atoms with Gasteiger partial charge < -0.3 is 14.5 Å². The summed E-state index contributed by atoms with van der Waals surface area (Å²) < 4.78 is 6.11. The summed E-state index contributed by atoms with van der Waals surface area (Å²) in [4.78, 5) is 27.6. The van der Waals surface area contributed by atoms with Crippen LogP contribution in [0, 0.1) is 0 Å². The van der Waals surface area contributed by atoms with Gasteiger partial charge in [-0.15, -0.1) is 0 Å². The molecule has 1 fully saturated rings. The molecule has 0 aromatic heterocycles. The van der Waals surface area contributed by atoms with Crippen LogP contribution in [0.3, 0.4) is 0 Å². The second-order valence-electron chi connectivity index (χ2n) is 6.32. The van der Waals surface area contributed by atoms with Crippen LogP contribution in [-0.4, -0.2) is 55.4 Å². The average Bonchev–Trinajstić information content (AvgIpc) is 3.05. The Morgan fingerprint density at radius 2 is 1.74 bits per heavy atom. The lowest BCUT2D eigenvalue weighted by atomic mass is 10.1. The van der Waals surface area contributed by atoms with Gasteiger partial charge in [-0.1, -0.05) is 43.2 Å². The van der Waals surface area contributed by atoms with E-state index in [9.17, 15) is 9.59 Å². The lowest BCUT2D eigenvalue weighted by Gasteiger charge is -2.27. The molecule has 1 aliphatic rings. The Balaban J connectivity index is 2.11. The minimum absolute atomic E-state index is 0.0587. The van der Waals surface area contributed by atoms with E-state index in [1.165, 1.54) is 9.80 Å². The van der Waals surface area contributed by atoms with E-state index in [1.807, 2.05) is 30.3 Å². The van der Waals surface area contributed by atoms with E-state index in [0.717, 1.165) is 31.2 Å². The average molecular weight is 318 g/mol. The Bertz CT molecular complexity index is 524. The monoisotopic (exact) mass is 318 g/mol. The molecule has 1 aromatic rings. The number of carbonyl (C=O) groups excluding carboxylic acids is 2. The van der Waals surface area contributed by atoms with Crippen molar-refractivity contribution >= 4 is 11.8 Å². The van der Waals surface area contributed by atoms with Gasteiger partial charge in [-0.3, -0.25) is 9.59 Å². The van der Waals surface area contributed by atoms with Crippen molar-refractivity contribution in [1.29, 1.82) is 0 Å². The van der Waals surface area contributed by atoms with Crippen LogP contribution in [0.25, 0.3) is 0 Å². The van der Waals surface area contributed by atoms with Crippen LogP contribution in [0.5, 0.6) is 0 Å². The lowest BCUT2D eigenvalue weighted by Crippen LogP contribution is -2.41. The maximum absolute atomic E-state index is 12.8. The lowest BCUT2D eigenvalue weighted by molar-refractivity contribution is -0.150. The minimum atomic E-state index is -0.640. The first kappa shape index (κ1) is 17.5. The van der Waals surface area contributed by atoms with Crippen LogP contribution in [0.1, 0.15) is 37.4 Å². The summed E-state index contributed by atoms with van der Waals surface area (Å²) in [5, 5.41) is 0. The van der Waals surface area contributed by atoms with Gasteiger partial charge in [0.1, 0.15) is 0 Å². The maximum Gasteiger partial charge on any atom is 0.256 e. The van der Waals surface area contributed by atoms with Crippen molar-refractivity contribution in [3.8, 4) is 0 Å². The SMILES string of the molecule is CN(C)C(=O)CN(C)C(=O)[C@@H](OC1CCCC1)c1ccccc1. The number of ether oxygens (including phenoxy) is 1. The molecule has 5 heteroatoms. The third-order valence-electron chi connectivity index (χ3n) is 4.20. The quantitative estimate of drug-likeness (QED) is 0.808. The Morgan fingerprint density at radius 1 is 1.13 bits per heavy atom. The predicted octanol–water partition coefficient (Wildman–Crippen LogP) is 2.23. The molecule has 0 saturated heterocycles. The van der Waals surface area contributed by atoms with Crippen molar-refractivity contribution in [3.63, 3.8) is 0 Å². The molecule has 1 aliphatic carbocycles. The van der Waals surface area contributed by atoms with Crippen molar-refractivity contribution < 1.29 is 14.3 Å². The number of carbonyl (C=O) groups is 2. The topological polar surface area (TPSA) is 49.9 Å². The Hall–Kier alpha value is -1.88. The van der Waals surface area contributed by atoms with Gasteiger partial charge in [-0.2, -0.15) is 0 Å². The third kappa shape index (κ3) is 4.79. The van der Waals surface area contributed by atoms with E-state index in [4.69, 9.17) is 4.74 Å². The maximum atomic E-state index is 12.8. The number of rotatable bonds is 6. The normalized spacial score (nSPS) is 16.1. The van der Waals surface area contributed by atoms with Gasteiger partial charge in [0.25, 0.3) is 5.91 Å². The molecular weight excluding hydrogens is 292 g/mol. The molecule has 0 N–H and O–H groups in total. The van der Waals surface area contributed by atoms with Crippen molar-refractivity contribution in [2.75, 3.05) is 27.7 Å². The molecule has 0 spiro atoms. The molecular formula is C18H26N2O3. The number of amides is 2. The largest absolute Gasteiger partial charge is 0.360 e. The van der Waals surface area contributed by atoms with Gasteiger partial charge in [0.2, 0.25) is 5.91 Å². The second-order valence-corrected chi connectivity index (χ2v) is 6.32. The highest BCUT2D eigenvalue weighted by Gasteiger charge is 2.30. The van der Waals surface area contributed by atoms with Crippen LogP contribution in [0.15, 0.2) is 30.3 Å². The van der Waals surface area contributed by atoms with Gasteiger partial charge in [0.15, 0.2) is 6.10 Å². The highest BCUT2D eigenvalue weighted by Crippen LogP contribution is 2.29. The zero-order valence-electron chi connectivity index (χ0n) is 14.2. The van der Waals surface area contributed by atoms with Crippen molar-refractivity contribution in [3.05, 3.63) is 35.9 Å². The zero-order valence-corrected chi connectivity index (χ0v) is 14.2. The van der Waals surface area contributed by atoms with Crippen molar-refractivity contribution in [2.24, 2.45) is 0 Å². The fraction of sp³-hybridized carbons (Fsp3) is 0.556. The molecule has 1 saturated carbocycles. The summed E-state index contributed by atoms with van der Waals surface area (Å²) in [5.41, 5.74) is 0.841. The number of hydrogen-bond donors (Lipinski definition) is 0. The van der Waals surface area contributed by atoms with E-state index in [-0.39, 0.29) is 24.5 Å². The van der Waals surface area contributed by atoms with Crippen LogP contribution in [0.4, 0.5) is 0 Å². The van der Waals surface area contributed by atoms with Gasteiger partial charge >= 0.3 is 0 Å². The van der Waals surface area contributed by atoms with Gasteiger partial charge in [0, 0.05) is 21.1 Å². The minimum Gasteiger partial charge on any atom is -0.360 e. The first-order chi connectivity index (χ1) is 11.0. The van der Waals surface area contributed by atoms with Gasteiger partial charge in [0.05, 0.1) is 12.6 Å². The third-order valence-corrected chi connectivity index (χ3v) is 4.20. The standard InChI is InChI=1S/C18H26N2O3/c1-19(2)16(21)13-20(3)18(22)17(14-9-5-4-6-10-14)23-15-11-7-8-12-15/h4-6,9-10,15,17H,7-8,11-13H2,1-3H3/t17-/m0/s1. The van der Waals surface area contributed by atoms with E-state index < -0.39 is 6.10 Å². The first-order valence-electron chi connectivity index (χ1n) is 8.14. The highest BCUT2D eigenvalue weighted by atomic mass is 16.5. The molecule has 0 unspecified atom stereocenters. The molecule has 23 heavy (non-hydrogen) atoms. The van der Waals surface area contributed by atoms with Crippen LogP contribution in [0.2, 0.25) is 0 Å². The summed E-state index contributed by atoms with van der Waals surface area (Å²) in [6.07, 6.45) is 3.78. The number of hydrogen-bond acceptors (Lipinski definition) is 3. The molecule has 0 aliphatic heterocycles. The Labute approximate surface area is 138 Å². The fourth-order valence-corrected chi connectivity index (χ4v) is 2.75. The molecule has 1 atom stereocenters. The zero-order chi connectivity index (χ0) is 16.8. The summed E-state index contributed by atoms with van der Waals surface area (Å²) in [6.45, 7) is 0.0587. The molecule has 126 valence electrons. The molecule has 0 heterocycles. The van der Waals surface area contributed by atoms with Crippen molar-refractivity contribution in [2.45, 2.75) is 37.9 Å². The smallest absolute Gasteiger partial charge is 0.256 e. The molecule has 2 rings (SSSR count). The predicted molar refractivity (Wildman–Crippen MR) is 88.9 cm³/mol. The summed E-state index contributed by atoms with van der Waals surface area (Å²) in [6, 6.07) is 9.52. The molecule has 0 radical (unpaired) electrons. The van der Waals surface area contributed by atoms with Crippen LogP contribution < -0.4 is 0 Å². The van der Waals surface area contributed by atoms with Gasteiger partial charge in [-0.25, -0.2) is 0 Å². The van der Waals surface area contributed by atoms with E-state index in [0.29, 0.717) is 0 Å². The Morgan fingerprint density at radius 3 is 2.30 bits per heavy atom.